The Bertz CT molecular complexity index is 580. The minimum atomic E-state index is -0.253. The Morgan fingerprint density at radius 1 is 1.30 bits per heavy atom. The quantitative estimate of drug-likeness (QED) is 0.780. The van der Waals surface area contributed by atoms with Gasteiger partial charge < -0.3 is 4.74 Å². The molecule has 4 atom stereocenters. The maximum atomic E-state index is 12.2. The lowest BCUT2D eigenvalue weighted by Crippen LogP contribution is -2.40. The zero-order valence-electron chi connectivity index (χ0n) is 14.1. The number of carbonyl (C=O) groups is 2. The summed E-state index contributed by atoms with van der Waals surface area (Å²) in [5, 5.41) is 0. The number of fused-ring (bicyclic) bond motifs is 1. The van der Waals surface area contributed by atoms with Crippen LogP contribution in [0.5, 0.6) is 0 Å². The first-order valence-corrected chi connectivity index (χ1v) is 8.77. The van der Waals surface area contributed by atoms with Crippen molar-refractivity contribution in [3.8, 4) is 0 Å². The summed E-state index contributed by atoms with van der Waals surface area (Å²) in [6.45, 7) is 4.88. The van der Waals surface area contributed by atoms with Crippen LogP contribution in [-0.4, -0.2) is 18.4 Å². The summed E-state index contributed by atoms with van der Waals surface area (Å²) >= 11 is 0. The molecule has 3 nitrogen and oxygen atoms in total. The lowest BCUT2D eigenvalue weighted by atomic mass is 9.62. The van der Waals surface area contributed by atoms with E-state index in [0.29, 0.717) is 29.8 Å². The van der Waals surface area contributed by atoms with E-state index in [9.17, 15) is 9.59 Å². The highest BCUT2D eigenvalue weighted by molar-refractivity contribution is 5.89. The highest BCUT2D eigenvalue weighted by Gasteiger charge is 2.52. The molecule has 0 saturated heterocycles. The number of benzene rings is 1. The third-order valence-corrected chi connectivity index (χ3v) is 6.11. The van der Waals surface area contributed by atoms with Gasteiger partial charge in [-0.3, -0.25) is 4.79 Å². The van der Waals surface area contributed by atoms with Gasteiger partial charge in [0.1, 0.15) is 5.78 Å². The molecule has 3 heteroatoms. The van der Waals surface area contributed by atoms with Crippen LogP contribution in [-0.2, 0) is 9.53 Å². The van der Waals surface area contributed by atoms with Gasteiger partial charge in [-0.25, -0.2) is 4.79 Å². The molecule has 1 unspecified atom stereocenters. The number of hydrogen-bond acceptors (Lipinski definition) is 3. The van der Waals surface area contributed by atoms with E-state index >= 15 is 0 Å². The van der Waals surface area contributed by atoms with Crippen LogP contribution in [0.4, 0.5) is 0 Å². The largest absolute Gasteiger partial charge is 0.462 e. The first-order chi connectivity index (χ1) is 11.0. The molecule has 3 rings (SSSR count). The van der Waals surface area contributed by atoms with Gasteiger partial charge in [-0.05, 0) is 55.1 Å². The molecule has 2 saturated carbocycles. The first-order valence-electron chi connectivity index (χ1n) is 8.77. The fraction of sp³-hybridized carbons (Fsp3) is 0.600. The molecular weight excluding hydrogens is 288 g/mol. The van der Waals surface area contributed by atoms with Crippen LogP contribution in [0.3, 0.4) is 0 Å². The van der Waals surface area contributed by atoms with E-state index in [1.54, 1.807) is 12.1 Å². The number of ketones is 1. The van der Waals surface area contributed by atoms with E-state index in [4.69, 9.17) is 4.74 Å². The summed E-state index contributed by atoms with van der Waals surface area (Å²) in [5.41, 5.74) is 0.705. The van der Waals surface area contributed by atoms with Crippen LogP contribution in [0.1, 0.15) is 56.3 Å². The lowest BCUT2D eigenvalue weighted by Gasteiger charge is -2.42. The minimum Gasteiger partial charge on any atom is -0.462 e. The Kier molecular flexibility index (Phi) is 4.56. The van der Waals surface area contributed by atoms with Crippen molar-refractivity contribution in [2.24, 2.45) is 23.2 Å². The fourth-order valence-corrected chi connectivity index (χ4v) is 4.89. The smallest absolute Gasteiger partial charge is 0.338 e. The summed E-state index contributed by atoms with van der Waals surface area (Å²) in [5.74, 6) is 1.20. The molecule has 0 aromatic heterocycles. The monoisotopic (exact) mass is 314 g/mol. The molecule has 1 aromatic rings. The number of hydrogen-bond donors (Lipinski definition) is 0. The normalized spacial score (nSPS) is 31.5. The number of carbonyl (C=O) groups excluding carboxylic acids is 2. The van der Waals surface area contributed by atoms with Crippen molar-refractivity contribution in [2.45, 2.75) is 46.0 Å². The van der Waals surface area contributed by atoms with Gasteiger partial charge in [0.15, 0.2) is 0 Å². The minimum absolute atomic E-state index is 0.105. The summed E-state index contributed by atoms with van der Waals surface area (Å²) < 4.78 is 5.53. The average molecular weight is 314 g/mol. The summed E-state index contributed by atoms with van der Waals surface area (Å²) in [6.07, 6.45) is 4.99. The Hall–Kier alpha value is -1.64. The van der Waals surface area contributed by atoms with Crippen molar-refractivity contribution in [1.29, 1.82) is 0 Å². The third-order valence-electron chi connectivity index (χ3n) is 6.11. The number of Topliss-reactive ketones (excluding diaryl/α,β-unsaturated/α-hetero) is 1. The molecule has 0 heterocycles. The van der Waals surface area contributed by atoms with E-state index in [1.165, 1.54) is 0 Å². The highest BCUT2D eigenvalue weighted by atomic mass is 16.5. The molecule has 1 aromatic carbocycles. The number of ether oxygens (including phenoxy) is 1. The summed E-state index contributed by atoms with van der Waals surface area (Å²) in [6, 6.07) is 9.13. The van der Waals surface area contributed by atoms with Crippen molar-refractivity contribution in [2.75, 3.05) is 6.61 Å². The molecule has 23 heavy (non-hydrogen) atoms. The maximum absolute atomic E-state index is 12.2. The highest BCUT2D eigenvalue weighted by Crippen LogP contribution is 2.56. The fourth-order valence-electron chi connectivity index (χ4n) is 4.89. The standard InChI is InChI=1S/C20H26O3/c1-14(13-23-19(22)15-7-4-3-5-8-15)16-10-11-17-18(21)9-6-12-20(16,17)2/h3-5,7-8,14,16-17H,6,9-13H2,1-2H3/t14-,16-,17+,20?/m1/s1. The SMILES string of the molecule is C[C@H](COC(=O)c1ccccc1)[C@H]1CC[C@H]2C(=O)CCCC12C. The predicted octanol–water partition coefficient (Wildman–Crippen LogP) is 4.27. The maximum Gasteiger partial charge on any atom is 0.338 e. The first kappa shape index (κ1) is 16.2. The van der Waals surface area contributed by atoms with Gasteiger partial charge in [0.05, 0.1) is 12.2 Å². The number of esters is 1. The van der Waals surface area contributed by atoms with Crippen molar-refractivity contribution in [3.05, 3.63) is 35.9 Å². The van der Waals surface area contributed by atoms with Gasteiger partial charge >= 0.3 is 5.97 Å². The molecule has 0 amide bonds. The molecule has 2 aliphatic rings. The topological polar surface area (TPSA) is 43.4 Å². The second-order valence-corrected chi connectivity index (χ2v) is 7.50. The molecule has 2 aliphatic carbocycles. The molecule has 0 bridgehead atoms. The zero-order chi connectivity index (χ0) is 16.4. The van der Waals surface area contributed by atoms with Crippen molar-refractivity contribution in [1.82, 2.24) is 0 Å². The van der Waals surface area contributed by atoms with Crippen LogP contribution >= 0.6 is 0 Å². The van der Waals surface area contributed by atoms with Crippen LogP contribution in [0.25, 0.3) is 0 Å². The van der Waals surface area contributed by atoms with Crippen LogP contribution in [0.15, 0.2) is 30.3 Å². The van der Waals surface area contributed by atoms with E-state index in [1.807, 2.05) is 18.2 Å². The van der Waals surface area contributed by atoms with Gasteiger partial charge in [0.2, 0.25) is 0 Å². The van der Waals surface area contributed by atoms with E-state index in [0.717, 1.165) is 32.1 Å². The van der Waals surface area contributed by atoms with Crippen LogP contribution in [0, 0.1) is 23.2 Å². The second-order valence-electron chi connectivity index (χ2n) is 7.50. The van der Waals surface area contributed by atoms with Gasteiger partial charge in [-0.1, -0.05) is 32.0 Å². The summed E-state index contributed by atoms with van der Waals surface area (Å²) in [7, 11) is 0. The van der Waals surface area contributed by atoms with Crippen molar-refractivity contribution in [3.63, 3.8) is 0 Å². The van der Waals surface area contributed by atoms with Crippen molar-refractivity contribution < 1.29 is 14.3 Å². The Morgan fingerprint density at radius 2 is 2.04 bits per heavy atom. The molecule has 2 fully saturated rings. The van der Waals surface area contributed by atoms with Gasteiger partial charge in [0.25, 0.3) is 0 Å². The lowest BCUT2D eigenvalue weighted by molar-refractivity contribution is -0.130. The molecule has 0 spiro atoms. The predicted molar refractivity (Wildman–Crippen MR) is 89.1 cm³/mol. The number of rotatable bonds is 4. The van der Waals surface area contributed by atoms with Gasteiger partial charge in [-0.2, -0.15) is 0 Å². The van der Waals surface area contributed by atoms with Crippen molar-refractivity contribution >= 4 is 11.8 Å². The van der Waals surface area contributed by atoms with E-state index < -0.39 is 0 Å². The average Bonchev–Trinajstić information content (AvgIpc) is 2.91. The Morgan fingerprint density at radius 3 is 2.78 bits per heavy atom. The molecular formula is C20H26O3. The molecule has 0 radical (unpaired) electrons. The summed E-state index contributed by atoms with van der Waals surface area (Å²) in [4.78, 5) is 24.3. The molecule has 124 valence electrons. The van der Waals surface area contributed by atoms with Gasteiger partial charge in [0, 0.05) is 12.3 Å². The second kappa shape index (κ2) is 6.46. The van der Waals surface area contributed by atoms with Gasteiger partial charge in [-0.15, -0.1) is 0 Å². The molecule has 0 aliphatic heterocycles. The van der Waals surface area contributed by atoms with Crippen LogP contribution in [0.2, 0.25) is 0 Å². The third kappa shape index (κ3) is 3.06. The zero-order valence-corrected chi connectivity index (χ0v) is 14.1. The Balaban J connectivity index is 1.61. The van der Waals surface area contributed by atoms with Crippen LogP contribution < -0.4 is 0 Å². The van der Waals surface area contributed by atoms with E-state index in [2.05, 4.69) is 13.8 Å². The van der Waals surface area contributed by atoms with E-state index in [-0.39, 0.29) is 17.3 Å². The Labute approximate surface area is 138 Å². The molecule has 0 N–H and O–H groups in total.